The highest BCUT2D eigenvalue weighted by Gasteiger charge is 2.28. The van der Waals surface area contributed by atoms with Crippen LogP contribution in [0.15, 0.2) is 59.0 Å². The second-order valence-corrected chi connectivity index (χ2v) is 7.21. The number of halogens is 1. The maximum Gasteiger partial charge on any atom is 0.317 e. The average molecular weight is 410 g/mol. The third-order valence-electron chi connectivity index (χ3n) is 5.00. The van der Waals surface area contributed by atoms with E-state index in [-0.39, 0.29) is 24.4 Å². The van der Waals surface area contributed by atoms with Gasteiger partial charge in [0.05, 0.1) is 5.92 Å². The van der Waals surface area contributed by atoms with Crippen LogP contribution in [0.4, 0.5) is 9.18 Å². The molecule has 7 nitrogen and oxygen atoms in total. The number of carbonyl (C=O) groups excluding carboxylic acids is 1. The third-order valence-corrected chi connectivity index (χ3v) is 5.00. The second kappa shape index (κ2) is 9.39. The number of hydrogen-bond donors (Lipinski definition) is 1. The summed E-state index contributed by atoms with van der Waals surface area (Å²) in [6, 6.07) is 15.4. The Morgan fingerprint density at radius 3 is 2.77 bits per heavy atom. The lowest BCUT2D eigenvalue weighted by Crippen LogP contribution is -2.44. The first-order valence-electron chi connectivity index (χ1n) is 9.95. The van der Waals surface area contributed by atoms with Gasteiger partial charge in [-0.2, -0.15) is 0 Å². The summed E-state index contributed by atoms with van der Waals surface area (Å²) in [7, 11) is 0. The average Bonchev–Trinajstić information content (AvgIpc) is 3.27. The molecule has 1 fully saturated rings. The molecule has 3 aromatic rings. The highest BCUT2D eigenvalue weighted by Crippen LogP contribution is 2.26. The van der Waals surface area contributed by atoms with Gasteiger partial charge in [-0.1, -0.05) is 30.3 Å². The molecule has 1 saturated heterocycles. The van der Waals surface area contributed by atoms with Gasteiger partial charge in [0.15, 0.2) is 6.61 Å². The van der Waals surface area contributed by atoms with E-state index in [1.807, 2.05) is 30.3 Å². The molecule has 0 radical (unpaired) electrons. The molecule has 1 atom stereocenters. The Morgan fingerprint density at radius 2 is 1.97 bits per heavy atom. The van der Waals surface area contributed by atoms with Crippen LogP contribution in [0.25, 0.3) is 0 Å². The van der Waals surface area contributed by atoms with E-state index in [1.54, 1.807) is 17.0 Å². The predicted molar refractivity (Wildman–Crippen MR) is 107 cm³/mol. The molecule has 8 heteroatoms. The normalized spacial score (nSPS) is 16.3. The smallest absolute Gasteiger partial charge is 0.317 e. The van der Waals surface area contributed by atoms with Crippen LogP contribution in [0.5, 0.6) is 5.75 Å². The van der Waals surface area contributed by atoms with Gasteiger partial charge < -0.3 is 19.4 Å². The van der Waals surface area contributed by atoms with E-state index < -0.39 is 0 Å². The topological polar surface area (TPSA) is 80.5 Å². The molecule has 2 amide bonds. The van der Waals surface area contributed by atoms with Gasteiger partial charge in [-0.05, 0) is 42.7 Å². The highest BCUT2D eigenvalue weighted by atomic mass is 19.1. The van der Waals surface area contributed by atoms with E-state index in [0.717, 1.165) is 24.2 Å². The molecule has 0 aliphatic carbocycles. The van der Waals surface area contributed by atoms with Gasteiger partial charge in [-0.15, -0.1) is 10.2 Å². The van der Waals surface area contributed by atoms with Crippen LogP contribution in [0.1, 0.15) is 36.1 Å². The number of urea groups is 1. The Morgan fingerprint density at radius 1 is 1.17 bits per heavy atom. The maximum absolute atomic E-state index is 13.0. The molecule has 2 aromatic carbocycles. The number of aromatic nitrogens is 2. The predicted octanol–water partition coefficient (Wildman–Crippen LogP) is 3.88. The molecule has 1 aliphatic rings. The van der Waals surface area contributed by atoms with E-state index in [4.69, 9.17) is 9.15 Å². The standard InChI is InChI=1S/C22H23FN4O3/c23-18-10-8-16(9-11-18)13-24-22(28)27-12-4-5-17(14-27)21-26-25-20(30-21)15-29-19-6-2-1-3-7-19/h1-3,6-11,17H,4-5,12-15H2,(H,24,28). The summed E-state index contributed by atoms with van der Waals surface area (Å²) in [5, 5.41) is 11.1. The van der Waals surface area contributed by atoms with E-state index in [1.165, 1.54) is 12.1 Å². The first-order valence-corrected chi connectivity index (χ1v) is 9.95. The molecule has 1 unspecified atom stereocenters. The number of ether oxygens (including phenoxy) is 1. The van der Waals surface area contributed by atoms with Crippen LogP contribution in [-0.2, 0) is 13.2 Å². The quantitative estimate of drug-likeness (QED) is 0.667. The second-order valence-electron chi connectivity index (χ2n) is 7.21. The number of carbonyl (C=O) groups is 1. The van der Waals surface area contributed by atoms with Crippen molar-refractivity contribution in [1.82, 2.24) is 20.4 Å². The van der Waals surface area contributed by atoms with E-state index in [2.05, 4.69) is 15.5 Å². The molecule has 1 N–H and O–H groups in total. The Bertz CT molecular complexity index is 962. The zero-order valence-electron chi connectivity index (χ0n) is 16.5. The Hall–Kier alpha value is -3.42. The number of likely N-dealkylation sites (tertiary alicyclic amines) is 1. The summed E-state index contributed by atoms with van der Waals surface area (Å²) < 4.78 is 24.4. The number of piperidine rings is 1. The largest absolute Gasteiger partial charge is 0.484 e. The molecule has 30 heavy (non-hydrogen) atoms. The minimum Gasteiger partial charge on any atom is -0.484 e. The van der Waals surface area contributed by atoms with Crippen LogP contribution in [-0.4, -0.2) is 34.2 Å². The minimum absolute atomic E-state index is 0.00621. The zero-order chi connectivity index (χ0) is 20.8. The molecular weight excluding hydrogens is 387 g/mol. The van der Waals surface area contributed by atoms with E-state index >= 15 is 0 Å². The van der Waals surface area contributed by atoms with Crippen LogP contribution < -0.4 is 10.1 Å². The monoisotopic (exact) mass is 410 g/mol. The molecule has 1 aromatic heterocycles. The molecule has 0 saturated carbocycles. The van der Waals surface area contributed by atoms with Gasteiger partial charge in [0.2, 0.25) is 5.89 Å². The number of para-hydroxylation sites is 1. The van der Waals surface area contributed by atoms with E-state index in [0.29, 0.717) is 31.4 Å². The Labute approximate surface area is 173 Å². The fourth-order valence-electron chi connectivity index (χ4n) is 3.41. The first kappa shape index (κ1) is 19.9. The van der Waals surface area contributed by atoms with Crippen molar-refractivity contribution in [3.05, 3.63) is 77.8 Å². The van der Waals surface area contributed by atoms with Gasteiger partial charge in [0.1, 0.15) is 11.6 Å². The van der Waals surface area contributed by atoms with Crippen molar-refractivity contribution in [2.75, 3.05) is 13.1 Å². The lowest BCUT2D eigenvalue weighted by molar-refractivity contribution is 0.172. The summed E-state index contributed by atoms with van der Waals surface area (Å²) in [4.78, 5) is 14.3. The Kier molecular flexibility index (Phi) is 6.22. The summed E-state index contributed by atoms with van der Waals surface area (Å²) in [6.45, 7) is 1.73. The minimum atomic E-state index is -0.294. The lowest BCUT2D eigenvalue weighted by atomic mass is 9.98. The van der Waals surface area contributed by atoms with Crippen molar-refractivity contribution in [3.63, 3.8) is 0 Å². The van der Waals surface area contributed by atoms with Gasteiger partial charge in [-0.25, -0.2) is 9.18 Å². The number of nitrogens with zero attached hydrogens (tertiary/aromatic N) is 3. The van der Waals surface area contributed by atoms with Crippen LogP contribution >= 0.6 is 0 Å². The number of amides is 2. The van der Waals surface area contributed by atoms with Crippen LogP contribution in [0.3, 0.4) is 0 Å². The van der Waals surface area contributed by atoms with Crippen molar-refractivity contribution < 1.29 is 18.3 Å². The molecule has 2 heterocycles. The SMILES string of the molecule is O=C(NCc1ccc(F)cc1)N1CCCC(c2nnc(COc3ccccc3)o2)C1. The number of rotatable bonds is 6. The zero-order valence-corrected chi connectivity index (χ0v) is 16.5. The first-order chi connectivity index (χ1) is 14.7. The van der Waals surface area contributed by atoms with Crippen molar-refractivity contribution in [2.45, 2.75) is 31.9 Å². The van der Waals surface area contributed by atoms with Crippen molar-refractivity contribution in [1.29, 1.82) is 0 Å². The molecule has 156 valence electrons. The highest BCUT2D eigenvalue weighted by molar-refractivity contribution is 5.74. The van der Waals surface area contributed by atoms with Crippen molar-refractivity contribution >= 4 is 6.03 Å². The number of nitrogens with one attached hydrogen (secondary N) is 1. The van der Waals surface area contributed by atoms with Crippen LogP contribution in [0.2, 0.25) is 0 Å². The summed E-state index contributed by atoms with van der Waals surface area (Å²) in [5.41, 5.74) is 0.846. The number of hydrogen-bond acceptors (Lipinski definition) is 5. The summed E-state index contributed by atoms with van der Waals surface area (Å²) >= 11 is 0. The third kappa shape index (κ3) is 5.14. The summed E-state index contributed by atoms with van der Waals surface area (Å²) in [6.07, 6.45) is 1.73. The van der Waals surface area contributed by atoms with Gasteiger partial charge in [-0.3, -0.25) is 0 Å². The Balaban J connectivity index is 1.29. The fraction of sp³-hybridized carbons (Fsp3) is 0.318. The van der Waals surface area contributed by atoms with E-state index in [9.17, 15) is 9.18 Å². The molecule has 0 spiro atoms. The van der Waals surface area contributed by atoms with Crippen molar-refractivity contribution in [2.24, 2.45) is 0 Å². The molecule has 4 rings (SSSR count). The molecular formula is C22H23FN4O3. The van der Waals surface area contributed by atoms with Crippen LogP contribution in [0, 0.1) is 5.82 Å². The maximum atomic E-state index is 13.0. The van der Waals surface area contributed by atoms with Crippen molar-refractivity contribution in [3.8, 4) is 5.75 Å². The van der Waals surface area contributed by atoms with Gasteiger partial charge in [0.25, 0.3) is 5.89 Å². The van der Waals surface area contributed by atoms with Gasteiger partial charge >= 0.3 is 6.03 Å². The molecule has 1 aliphatic heterocycles. The fourth-order valence-corrected chi connectivity index (χ4v) is 3.41. The number of benzene rings is 2. The van der Waals surface area contributed by atoms with Gasteiger partial charge in [0, 0.05) is 19.6 Å². The molecule has 0 bridgehead atoms. The lowest BCUT2D eigenvalue weighted by Gasteiger charge is -2.31. The summed E-state index contributed by atoms with van der Waals surface area (Å²) in [5.74, 6) is 1.37.